The maximum atomic E-state index is 10.8. The first-order chi connectivity index (χ1) is 19.6. The van der Waals surface area contributed by atoms with Gasteiger partial charge in [0.1, 0.15) is 0 Å². The van der Waals surface area contributed by atoms with Gasteiger partial charge in [-0.05, 0) is 25.7 Å². The van der Waals surface area contributed by atoms with Crippen molar-refractivity contribution >= 4 is 55.0 Å². The molecule has 0 rings (SSSR count). The molecule has 25 heteroatoms. The monoisotopic (exact) mass is 814 g/mol. The fourth-order valence-electron chi connectivity index (χ4n) is 1.69. The van der Waals surface area contributed by atoms with Gasteiger partial charge < -0.3 is 58.1 Å². The van der Waals surface area contributed by atoms with Crippen LogP contribution in [0, 0.1) is 0 Å². The van der Waals surface area contributed by atoms with E-state index in [1.807, 2.05) is 0 Å². The molecule has 0 aromatic rings. The first-order valence-corrected chi connectivity index (χ1v) is 19.0. The van der Waals surface area contributed by atoms with Crippen LogP contribution < -0.4 is 19.6 Å². The number of hydrogen-bond donors (Lipinski definition) is 4. The van der Waals surface area contributed by atoms with E-state index in [-0.39, 0.29) is 26.2 Å². The van der Waals surface area contributed by atoms with Crippen LogP contribution in [-0.2, 0) is 62.6 Å². The molecule has 0 amide bonds. The molecule has 0 aliphatic heterocycles. The zero-order valence-electron chi connectivity index (χ0n) is 25.7. The summed E-state index contributed by atoms with van der Waals surface area (Å²) in [6.07, 6.45) is -5.73. The van der Waals surface area contributed by atoms with Crippen molar-refractivity contribution in [1.82, 2.24) is 0 Å². The molecular formula is C20H40O20P4Zr. The van der Waals surface area contributed by atoms with Crippen LogP contribution in [0.2, 0.25) is 0 Å². The van der Waals surface area contributed by atoms with Crippen LogP contribution in [0.5, 0.6) is 0 Å². The minimum atomic E-state index is -4.19. The molecule has 0 aromatic heterocycles. The van der Waals surface area contributed by atoms with E-state index in [4.69, 9.17) is 20.4 Å². The summed E-state index contributed by atoms with van der Waals surface area (Å²) in [5.41, 5.74) is -3.01. The summed E-state index contributed by atoms with van der Waals surface area (Å²) in [6, 6.07) is 0. The van der Waals surface area contributed by atoms with Crippen molar-refractivity contribution in [3.05, 3.63) is 0 Å². The van der Waals surface area contributed by atoms with Crippen LogP contribution in [0.1, 0.15) is 81.1 Å². The second-order valence-electron chi connectivity index (χ2n) is 8.62. The van der Waals surface area contributed by atoms with Crippen LogP contribution in [0.3, 0.4) is 0 Å². The van der Waals surface area contributed by atoms with Crippen molar-refractivity contribution in [2.24, 2.45) is 0 Å². The summed E-state index contributed by atoms with van der Waals surface area (Å²) in [5.74, 6) is 0. The van der Waals surface area contributed by atoms with Gasteiger partial charge in [0.15, 0.2) is 30.4 Å². The molecule has 0 bridgehead atoms. The fraction of sp³-hybridized carbons (Fsp3) is 0.800. The summed E-state index contributed by atoms with van der Waals surface area (Å²) in [7, 11) is -16.8. The van der Waals surface area contributed by atoms with Crippen LogP contribution in [0.4, 0.5) is 19.2 Å². The van der Waals surface area contributed by atoms with E-state index in [2.05, 4.69) is 18.1 Å². The summed E-state index contributed by atoms with van der Waals surface area (Å²) in [5, 5.41) is 32.0. The Hall–Kier alpha value is -1.28. The molecule has 45 heavy (non-hydrogen) atoms. The van der Waals surface area contributed by atoms with E-state index in [9.17, 15) is 57.0 Å². The second-order valence-corrected chi connectivity index (χ2v) is 17.2. The molecule has 4 N–H and O–H groups in total. The van der Waals surface area contributed by atoms with Crippen molar-refractivity contribution in [2.75, 3.05) is 0 Å². The molecule has 264 valence electrons. The van der Waals surface area contributed by atoms with Gasteiger partial charge in [-0.25, -0.2) is 19.2 Å². The van der Waals surface area contributed by atoms with E-state index in [0.29, 0.717) is 25.7 Å². The molecule has 0 spiro atoms. The van der Waals surface area contributed by atoms with Gasteiger partial charge in [0.25, 0.3) is 0 Å². The standard InChI is InChI=1S/4C5H11O5P.Zr/c4*1-3-4(2)11(8,9)10-5(6)7;/h4*4H,3H2,1-2H3,(H,6,7)(H,8,9);/q;;;;+4/p-4. The summed E-state index contributed by atoms with van der Waals surface area (Å²) in [4.78, 5) is 82.6. The molecule has 0 heterocycles. The summed E-state index contributed by atoms with van der Waals surface area (Å²) in [6.45, 7) is 12.2. The molecule has 8 atom stereocenters. The Labute approximate surface area is 279 Å². The first-order valence-electron chi connectivity index (χ1n) is 12.5. The summed E-state index contributed by atoms with van der Waals surface area (Å²) >= 11 is 0. The van der Waals surface area contributed by atoms with E-state index < -0.39 is 77.6 Å². The summed E-state index contributed by atoms with van der Waals surface area (Å²) < 4.78 is 58.0. The molecule has 20 nitrogen and oxygen atoms in total. The molecule has 0 aliphatic rings. The van der Waals surface area contributed by atoms with E-state index in [1.165, 1.54) is 27.7 Å². The average molecular weight is 816 g/mol. The Balaban J connectivity index is -0.000000157. The number of carbonyl (C=O) groups is 4. The molecule has 0 aliphatic carbocycles. The third-order valence-corrected chi connectivity index (χ3v) is 12.8. The second kappa shape index (κ2) is 24.8. The van der Waals surface area contributed by atoms with E-state index in [1.54, 1.807) is 27.7 Å². The van der Waals surface area contributed by atoms with Crippen molar-refractivity contribution < 1.29 is 122 Å². The van der Waals surface area contributed by atoms with E-state index >= 15 is 0 Å². The largest absolute Gasteiger partial charge is 4.00 e. The molecule has 0 saturated heterocycles. The molecule has 0 aromatic carbocycles. The van der Waals surface area contributed by atoms with Gasteiger partial charge in [0.2, 0.25) is 0 Å². The quantitative estimate of drug-likeness (QED) is 0.201. The van der Waals surface area contributed by atoms with Crippen LogP contribution in [0.15, 0.2) is 0 Å². The van der Waals surface area contributed by atoms with Gasteiger partial charge in [-0.15, -0.1) is 0 Å². The van der Waals surface area contributed by atoms with Gasteiger partial charge in [0.05, 0.1) is 0 Å². The molecular weight excluding hydrogens is 775 g/mol. The van der Waals surface area contributed by atoms with Crippen LogP contribution in [-0.4, -0.2) is 67.7 Å². The zero-order chi connectivity index (χ0) is 36.3. The molecule has 0 fully saturated rings. The topological polar surface area (TPSA) is 347 Å². The minimum absolute atomic E-state index is 0. The van der Waals surface area contributed by atoms with Crippen LogP contribution in [0.25, 0.3) is 0 Å². The van der Waals surface area contributed by atoms with Gasteiger partial charge >= 0.3 is 50.8 Å². The van der Waals surface area contributed by atoms with Gasteiger partial charge in [-0.2, -0.15) is 0 Å². The predicted molar refractivity (Wildman–Crippen MR) is 146 cm³/mol. The Morgan fingerprint density at radius 1 is 0.467 bits per heavy atom. The van der Waals surface area contributed by atoms with Gasteiger partial charge in [-0.3, -0.25) is 18.3 Å². The zero-order valence-corrected chi connectivity index (χ0v) is 31.8. The van der Waals surface area contributed by atoms with E-state index in [0.717, 1.165) is 0 Å². The Kier molecular flexibility index (Phi) is 29.4. The Morgan fingerprint density at radius 3 is 0.644 bits per heavy atom. The third-order valence-electron chi connectivity index (χ3n) is 5.34. The fourth-order valence-corrected chi connectivity index (χ4v) is 5.07. The normalized spacial score (nSPS) is 18.0. The smallest absolute Gasteiger partial charge is 0.769 e. The SMILES string of the molecule is CCC(C)P(=O)([O-])OC(=O)O.CCC(C)P(=O)([O-])OC(=O)O.CCC(C)P(=O)([O-])OC(=O)O.CCC(C)P(=O)([O-])OC(=O)O.[Zr+4]. The average Bonchev–Trinajstić information content (AvgIpc) is 2.84. The maximum absolute atomic E-state index is 10.8. The van der Waals surface area contributed by atoms with Crippen LogP contribution >= 0.6 is 30.4 Å². The molecule has 0 saturated carbocycles. The van der Waals surface area contributed by atoms with Crippen molar-refractivity contribution in [2.45, 2.75) is 104 Å². The van der Waals surface area contributed by atoms with Crippen molar-refractivity contribution in [1.29, 1.82) is 0 Å². The predicted octanol–water partition coefficient (Wildman–Crippen LogP) is 4.13. The number of carboxylic acid groups (broad SMARTS) is 4. The minimum Gasteiger partial charge on any atom is -0.769 e. The Bertz CT molecular complexity index is 932. The van der Waals surface area contributed by atoms with Crippen molar-refractivity contribution in [3.8, 4) is 0 Å². The molecule has 8 unspecified atom stereocenters. The third kappa shape index (κ3) is 27.5. The molecule has 0 radical (unpaired) electrons. The Morgan fingerprint density at radius 2 is 0.578 bits per heavy atom. The van der Waals surface area contributed by atoms with Gasteiger partial charge in [-0.1, -0.05) is 55.4 Å². The van der Waals surface area contributed by atoms with Crippen molar-refractivity contribution in [3.63, 3.8) is 0 Å². The number of rotatable bonds is 12. The first kappa shape index (κ1) is 53.2. The number of hydrogen-bond acceptors (Lipinski definition) is 16. The van der Waals surface area contributed by atoms with Gasteiger partial charge in [0, 0.05) is 22.6 Å². The maximum Gasteiger partial charge on any atom is 4.00 e.